The van der Waals surface area contributed by atoms with Crippen LogP contribution in [0.5, 0.6) is 0 Å². The third-order valence-corrected chi connectivity index (χ3v) is 11.2. The SMILES string of the molecule is C=C(/C=C\C=C(/C)c1ccccc1)c1cccc(-c2ccc(N(c3ccc(-c4ccccc4)cc3)c3ccc(-c4cccc5cccc(-c6ccccc6)c45)cc3)cc2)c1. The van der Waals surface area contributed by atoms with Gasteiger partial charge in [0.15, 0.2) is 0 Å². The second kappa shape index (κ2) is 17.4. The molecule has 0 bridgehead atoms. The lowest BCUT2D eigenvalue weighted by atomic mass is 9.91. The smallest absolute Gasteiger partial charge is 0.0462 e. The molecular weight excluding hydrogens is 723 g/mol. The summed E-state index contributed by atoms with van der Waals surface area (Å²) in [5, 5.41) is 2.50. The average Bonchev–Trinajstić information content (AvgIpc) is 3.33. The minimum Gasteiger partial charge on any atom is -0.311 e. The first-order valence-electron chi connectivity index (χ1n) is 20.5. The maximum Gasteiger partial charge on any atom is 0.0462 e. The Hall–Kier alpha value is -7.74. The van der Waals surface area contributed by atoms with E-state index in [9.17, 15) is 0 Å². The monoisotopic (exact) mass is 767 g/mol. The number of hydrogen-bond donors (Lipinski definition) is 0. The first kappa shape index (κ1) is 37.8. The summed E-state index contributed by atoms with van der Waals surface area (Å²) < 4.78 is 0. The highest BCUT2D eigenvalue weighted by Crippen LogP contribution is 2.40. The molecule has 0 aliphatic heterocycles. The van der Waals surface area contributed by atoms with Crippen LogP contribution in [0.4, 0.5) is 17.1 Å². The van der Waals surface area contributed by atoms with E-state index in [1.165, 1.54) is 55.3 Å². The van der Waals surface area contributed by atoms with Crippen molar-refractivity contribution in [3.8, 4) is 44.5 Å². The van der Waals surface area contributed by atoms with Gasteiger partial charge in [-0.1, -0.05) is 207 Å². The number of hydrogen-bond acceptors (Lipinski definition) is 1. The highest BCUT2D eigenvalue weighted by atomic mass is 15.1. The molecule has 1 nitrogen and oxygen atoms in total. The fourth-order valence-electron chi connectivity index (χ4n) is 8.01. The Balaban J connectivity index is 1.04. The highest BCUT2D eigenvalue weighted by molar-refractivity contribution is 6.06. The molecule has 0 saturated carbocycles. The number of anilines is 3. The molecule has 0 spiro atoms. The Bertz CT molecular complexity index is 2930. The van der Waals surface area contributed by atoms with Gasteiger partial charge in [0, 0.05) is 17.1 Å². The molecule has 9 rings (SSSR count). The van der Waals surface area contributed by atoms with Gasteiger partial charge in [-0.15, -0.1) is 0 Å². The van der Waals surface area contributed by atoms with Crippen molar-refractivity contribution in [1.29, 1.82) is 0 Å². The summed E-state index contributed by atoms with van der Waals surface area (Å²) >= 11 is 0. The van der Waals surface area contributed by atoms with Crippen molar-refractivity contribution in [1.82, 2.24) is 0 Å². The van der Waals surface area contributed by atoms with Crippen molar-refractivity contribution in [2.75, 3.05) is 4.90 Å². The molecule has 0 saturated heterocycles. The van der Waals surface area contributed by atoms with Gasteiger partial charge in [0.05, 0.1) is 0 Å². The van der Waals surface area contributed by atoms with Gasteiger partial charge in [-0.05, 0) is 127 Å². The van der Waals surface area contributed by atoms with Crippen molar-refractivity contribution in [3.63, 3.8) is 0 Å². The zero-order chi connectivity index (χ0) is 40.7. The van der Waals surface area contributed by atoms with Crippen molar-refractivity contribution in [3.05, 3.63) is 260 Å². The standard InChI is InChI=1S/C59H45N/c1-43(45-18-6-3-7-19-45)16-12-17-44(2)52-26-13-27-53(42-52)48-32-38-55(39-33-48)60(54-36-30-47(31-37-54)46-20-8-4-9-21-46)56-40-34-50(35-41-56)58-29-15-25-51-24-14-28-57(59(51)58)49-22-10-5-11-23-49/h3-42H,2H2,1H3/b17-12-,43-16+. The predicted molar refractivity (Wildman–Crippen MR) is 259 cm³/mol. The van der Waals surface area contributed by atoms with E-state index in [1.807, 2.05) is 6.07 Å². The maximum absolute atomic E-state index is 4.39. The van der Waals surface area contributed by atoms with Crippen molar-refractivity contribution in [2.24, 2.45) is 0 Å². The van der Waals surface area contributed by atoms with Gasteiger partial charge in [-0.2, -0.15) is 0 Å². The van der Waals surface area contributed by atoms with E-state index in [0.717, 1.165) is 39.3 Å². The number of allylic oxidation sites excluding steroid dienone is 5. The summed E-state index contributed by atoms with van der Waals surface area (Å²) in [6.07, 6.45) is 6.32. The van der Waals surface area contributed by atoms with Crippen LogP contribution in [0.1, 0.15) is 18.1 Å². The summed E-state index contributed by atoms with van der Waals surface area (Å²) in [6, 6.07) is 80.3. The Morgan fingerprint density at radius 1 is 0.400 bits per heavy atom. The molecule has 9 aromatic rings. The molecule has 0 N–H and O–H groups in total. The predicted octanol–water partition coefficient (Wildman–Crippen LogP) is 16.7. The molecule has 0 aliphatic carbocycles. The summed E-state index contributed by atoms with van der Waals surface area (Å²) in [5.74, 6) is 0. The van der Waals surface area contributed by atoms with Crippen molar-refractivity contribution in [2.45, 2.75) is 6.92 Å². The molecule has 0 heterocycles. The first-order chi connectivity index (χ1) is 29.6. The minimum atomic E-state index is 0.971. The molecule has 60 heavy (non-hydrogen) atoms. The molecular formula is C59H45N. The molecule has 0 radical (unpaired) electrons. The van der Waals surface area contributed by atoms with Crippen molar-refractivity contribution >= 4 is 39.0 Å². The van der Waals surface area contributed by atoms with Crippen LogP contribution in [0.3, 0.4) is 0 Å². The lowest BCUT2D eigenvalue weighted by Crippen LogP contribution is -2.09. The van der Waals surface area contributed by atoms with Gasteiger partial charge >= 0.3 is 0 Å². The van der Waals surface area contributed by atoms with E-state index in [4.69, 9.17) is 0 Å². The van der Waals surface area contributed by atoms with Crippen LogP contribution in [0, 0.1) is 0 Å². The normalized spacial score (nSPS) is 11.5. The third-order valence-electron chi connectivity index (χ3n) is 11.2. The number of rotatable bonds is 11. The zero-order valence-electron chi connectivity index (χ0n) is 33.7. The van der Waals surface area contributed by atoms with Crippen molar-refractivity contribution < 1.29 is 0 Å². The quantitative estimate of drug-likeness (QED) is 0.119. The van der Waals surface area contributed by atoms with Gasteiger partial charge in [0.2, 0.25) is 0 Å². The number of benzene rings is 9. The first-order valence-corrected chi connectivity index (χ1v) is 20.5. The molecule has 0 atom stereocenters. The van der Waals surface area contributed by atoms with E-state index in [-0.39, 0.29) is 0 Å². The molecule has 0 aliphatic rings. The second-order valence-corrected chi connectivity index (χ2v) is 15.1. The largest absolute Gasteiger partial charge is 0.311 e. The summed E-state index contributed by atoms with van der Waals surface area (Å²) in [4.78, 5) is 2.34. The molecule has 0 amide bonds. The molecule has 0 aromatic heterocycles. The lowest BCUT2D eigenvalue weighted by molar-refractivity contribution is 1.28. The van der Waals surface area contributed by atoms with Crippen LogP contribution >= 0.6 is 0 Å². The van der Waals surface area contributed by atoms with Crippen LogP contribution in [-0.4, -0.2) is 0 Å². The van der Waals surface area contributed by atoms with Gasteiger partial charge in [0.1, 0.15) is 0 Å². The topological polar surface area (TPSA) is 3.24 Å². The Morgan fingerprint density at radius 3 is 1.38 bits per heavy atom. The van der Waals surface area contributed by atoms with Crippen LogP contribution < -0.4 is 4.90 Å². The molecule has 0 unspecified atom stereocenters. The molecule has 0 fully saturated rings. The van der Waals surface area contributed by atoms with Crippen LogP contribution in [-0.2, 0) is 0 Å². The average molecular weight is 768 g/mol. The molecule has 9 aromatic carbocycles. The number of nitrogens with zero attached hydrogens (tertiary/aromatic N) is 1. The molecule has 1 heteroatoms. The van der Waals surface area contributed by atoms with Gasteiger partial charge in [-0.3, -0.25) is 0 Å². The highest BCUT2D eigenvalue weighted by Gasteiger charge is 2.16. The maximum atomic E-state index is 4.39. The van der Waals surface area contributed by atoms with Gasteiger partial charge in [-0.25, -0.2) is 0 Å². The summed E-state index contributed by atoms with van der Waals surface area (Å²) in [6.45, 7) is 6.53. The minimum absolute atomic E-state index is 0.971. The molecule has 286 valence electrons. The fourth-order valence-corrected chi connectivity index (χ4v) is 8.01. The second-order valence-electron chi connectivity index (χ2n) is 15.1. The Morgan fingerprint density at radius 2 is 0.817 bits per heavy atom. The zero-order valence-corrected chi connectivity index (χ0v) is 33.7. The number of fused-ring (bicyclic) bond motifs is 1. The van der Waals surface area contributed by atoms with Crippen LogP contribution in [0.25, 0.3) is 66.4 Å². The van der Waals surface area contributed by atoms with E-state index in [2.05, 4.69) is 255 Å². The summed E-state index contributed by atoms with van der Waals surface area (Å²) in [7, 11) is 0. The third kappa shape index (κ3) is 8.16. The van der Waals surface area contributed by atoms with E-state index < -0.39 is 0 Å². The summed E-state index contributed by atoms with van der Waals surface area (Å²) in [5.41, 5.74) is 17.3. The lowest BCUT2D eigenvalue weighted by Gasteiger charge is -2.26. The van der Waals surface area contributed by atoms with Gasteiger partial charge in [0.25, 0.3) is 0 Å². The van der Waals surface area contributed by atoms with E-state index in [0.29, 0.717) is 0 Å². The van der Waals surface area contributed by atoms with Crippen LogP contribution in [0.2, 0.25) is 0 Å². The van der Waals surface area contributed by atoms with E-state index in [1.54, 1.807) is 0 Å². The Labute approximate surface area is 354 Å². The Kier molecular flexibility index (Phi) is 11.0. The van der Waals surface area contributed by atoms with E-state index >= 15 is 0 Å². The van der Waals surface area contributed by atoms with Crippen LogP contribution in [0.15, 0.2) is 249 Å². The fraction of sp³-hybridized carbons (Fsp3) is 0.0169. The van der Waals surface area contributed by atoms with Gasteiger partial charge < -0.3 is 4.90 Å².